The Kier molecular flexibility index (Phi) is 4.87. The van der Waals surface area contributed by atoms with E-state index >= 15 is 0 Å². The fraction of sp³-hybridized carbons (Fsp3) is 0.500. The summed E-state index contributed by atoms with van der Waals surface area (Å²) in [6.07, 6.45) is 1.36. The molecule has 7 nitrogen and oxygen atoms in total. The predicted molar refractivity (Wildman–Crippen MR) is 79.6 cm³/mol. The van der Waals surface area contributed by atoms with E-state index in [9.17, 15) is 16.8 Å². The van der Waals surface area contributed by atoms with Crippen LogP contribution in [0.1, 0.15) is 18.4 Å². The van der Waals surface area contributed by atoms with Crippen molar-refractivity contribution in [2.24, 2.45) is 5.14 Å². The maximum atomic E-state index is 12.0. The molecule has 0 radical (unpaired) electrons. The van der Waals surface area contributed by atoms with E-state index in [1.54, 1.807) is 0 Å². The summed E-state index contributed by atoms with van der Waals surface area (Å²) in [6, 6.07) is 6.06. The van der Waals surface area contributed by atoms with Crippen molar-refractivity contribution in [3.8, 4) is 0 Å². The van der Waals surface area contributed by atoms with Gasteiger partial charge in [0.15, 0.2) is 0 Å². The molecule has 0 aliphatic carbocycles. The second-order valence-electron chi connectivity index (χ2n) is 5.02. The molecule has 0 amide bonds. The smallest absolute Gasteiger partial charge is 0.235 e. The van der Waals surface area contributed by atoms with Gasteiger partial charge in [0.1, 0.15) is 0 Å². The minimum Gasteiger partial charge on any atom is -0.377 e. The largest absolute Gasteiger partial charge is 0.377 e. The lowest BCUT2D eigenvalue weighted by molar-refractivity contribution is 0.127. The molecule has 3 N–H and O–H groups in total. The van der Waals surface area contributed by atoms with E-state index in [0.717, 1.165) is 12.8 Å². The first-order valence-electron chi connectivity index (χ1n) is 6.45. The zero-order chi connectivity index (χ0) is 15.5. The van der Waals surface area contributed by atoms with E-state index in [1.807, 2.05) is 0 Å². The topological polar surface area (TPSA) is 116 Å². The Balaban J connectivity index is 1.99. The first kappa shape index (κ1) is 16.2. The molecule has 1 atom stereocenters. The summed E-state index contributed by atoms with van der Waals surface area (Å²) >= 11 is 0. The number of anilines is 1. The van der Waals surface area contributed by atoms with Crippen LogP contribution in [0.2, 0.25) is 0 Å². The molecule has 21 heavy (non-hydrogen) atoms. The average molecular weight is 334 g/mol. The van der Waals surface area contributed by atoms with Gasteiger partial charge in [0.25, 0.3) is 0 Å². The number of nitrogens with one attached hydrogen (secondary N) is 1. The van der Waals surface area contributed by atoms with Gasteiger partial charge in [0.2, 0.25) is 20.0 Å². The maximum absolute atomic E-state index is 12.0. The molecular weight excluding hydrogens is 316 g/mol. The second-order valence-corrected chi connectivity index (χ2v) is 8.40. The Labute approximate surface area is 124 Å². The predicted octanol–water partition coefficient (Wildman–Crippen LogP) is 0.396. The van der Waals surface area contributed by atoms with Gasteiger partial charge in [-0.1, -0.05) is 12.1 Å². The summed E-state index contributed by atoms with van der Waals surface area (Å²) in [5.41, 5.74) is 0.880. The van der Waals surface area contributed by atoms with Crippen molar-refractivity contribution in [2.75, 3.05) is 17.1 Å². The first-order valence-corrected chi connectivity index (χ1v) is 9.82. The van der Waals surface area contributed by atoms with Crippen molar-refractivity contribution < 1.29 is 21.6 Å². The van der Waals surface area contributed by atoms with Crippen LogP contribution in [0.3, 0.4) is 0 Å². The Bertz CT molecular complexity index is 677. The summed E-state index contributed by atoms with van der Waals surface area (Å²) in [7, 11) is -7.08. The molecule has 1 aliphatic heterocycles. The SMILES string of the molecule is NS(=O)(=O)Cc1ccc(NS(=O)(=O)CC2CCCO2)cc1. The fourth-order valence-electron chi connectivity index (χ4n) is 2.14. The molecule has 1 saturated heterocycles. The number of rotatable bonds is 6. The molecule has 0 spiro atoms. The summed E-state index contributed by atoms with van der Waals surface area (Å²) in [4.78, 5) is 0. The highest BCUT2D eigenvalue weighted by Gasteiger charge is 2.23. The van der Waals surface area contributed by atoms with Gasteiger partial charge in [-0.2, -0.15) is 0 Å². The number of hydrogen-bond donors (Lipinski definition) is 2. The highest BCUT2D eigenvalue weighted by atomic mass is 32.2. The van der Waals surface area contributed by atoms with Crippen LogP contribution in [0.25, 0.3) is 0 Å². The Morgan fingerprint density at radius 3 is 2.38 bits per heavy atom. The molecule has 118 valence electrons. The highest BCUT2D eigenvalue weighted by molar-refractivity contribution is 7.92. The summed E-state index contributed by atoms with van der Waals surface area (Å²) in [5, 5.41) is 4.95. The summed E-state index contributed by atoms with van der Waals surface area (Å²) in [5.74, 6) is -0.359. The molecular formula is C12H18N2O5S2. The molecule has 0 saturated carbocycles. The van der Waals surface area contributed by atoms with Crippen molar-refractivity contribution in [1.29, 1.82) is 0 Å². The van der Waals surface area contributed by atoms with Gasteiger partial charge in [0, 0.05) is 12.3 Å². The third-order valence-corrected chi connectivity index (χ3v) is 5.12. The summed E-state index contributed by atoms with van der Waals surface area (Å²) < 4.78 is 53.6. The van der Waals surface area contributed by atoms with E-state index in [2.05, 4.69) is 4.72 Å². The van der Waals surface area contributed by atoms with Crippen molar-refractivity contribution in [1.82, 2.24) is 0 Å². The monoisotopic (exact) mass is 334 g/mol. The van der Waals surface area contributed by atoms with E-state index < -0.39 is 20.0 Å². The number of nitrogens with two attached hydrogens (primary N) is 1. The number of benzene rings is 1. The van der Waals surface area contributed by atoms with Crippen LogP contribution >= 0.6 is 0 Å². The molecule has 0 aromatic heterocycles. The van der Waals surface area contributed by atoms with Crippen LogP contribution in [0.15, 0.2) is 24.3 Å². The quantitative estimate of drug-likeness (QED) is 0.781. The van der Waals surface area contributed by atoms with Crippen molar-refractivity contribution >= 4 is 25.7 Å². The summed E-state index contributed by atoms with van der Waals surface area (Å²) in [6.45, 7) is 0.600. The minimum atomic E-state index is -3.60. The molecule has 1 unspecified atom stereocenters. The number of sulfonamides is 2. The van der Waals surface area contributed by atoms with Crippen LogP contribution < -0.4 is 9.86 Å². The van der Waals surface area contributed by atoms with Crippen molar-refractivity contribution in [3.05, 3.63) is 29.8 Å². The van der Waals surface area contributed by atoms with Crippen molar-refractivity contribution in [3.63, 3.8) is 0 Å². The number of hydrogen-bond acceptors (Lipinski definition) is 5. The number of ether oxygens (including phenoxy) is 1. The van der Waals surface area contributed by atoms with E-state index in [-0.39, 0.29) is 17.6 Å². The second kappa shape index (κ2) is 6.30. The minimum absolute atomic E-state index is 0.0774. The van der Waals surface area contributed by atoms with Crippen LogP contribution in [0.4, 0.5) is 5.69 Å². The molecule has 0 bridgehead atoms. The lowest BCUT2D eigenvalue weighted by atomic mass is 10.2. The van der Waals surface area contributed by atoms with Crippen LogP contribution in [-0.2, 0) is 30.5 Å². The van der Waals surface area contributed by atoms with Crippen LogP contribution in [-0.4, -0.2) is 35.3 Å². The van der Waals surface area contributed by atoms with Gasteiger partial charge in [0.05, 0.1) is 17.6 Å². The third kappa shape index (κ3) is 5.62. The Morgan fingerprint density at radius 1 is 1.19 bits per heavy atom. The molecule has 2 rings (SSSR count). The molecule has 1 aromatic rings. The van der Waals surface area contributed by atoms with Gasteiger partial charge in [-0.05, 0) is 30.5 Å². The molecule has 1 fully saturated rings. The van der Waals surface area contributed by atoms with E-state index in [4.69, 9.17) is 9.88 Å². The van der Waals surface area contributed by atoms with E-state index in [0.29, 0.717) is 17.9 Å². The van der Waals surface area contributed by atoms with Crippen molar-refractivity contribution in [2.45, 2.75) is 24.7 Å². The molecule has 9 heteroatoms. The maximum Gasteiger partial charge on any atom is 0.235 e. The molecule has 1 heterocycles. The van der Waals surface area contributed by atoms with Crippen LogP contribution in [0, 0.1) is 0 Å². The first-order chi connectivity index (χ1) is 9.73. The molecule has 1 aliphatic rings. The third-order valence-electron chi connectivity index (χ3n) is 3.02. The highest BCUT2D eigenvalue weighted by Crippen LogP contribution is 2.17. The van der Waals surface area contributed by atoms with Gasteiger partial charge >= 0.3 is 0 Å². The van der Waals surface area contributed by atoms with Gasteiger partial charge < -0.3 is 4.74 Å². The van der Waals surface area contributed by atoms with Gasteiger partial charge in [-0.25, -0.2) is 22.0 Å². The Morgan fingerprint density at radius 2 is 1.86 bits per heavy atom. The standard InChI is InChI=1S/C12H18N2O5S2/c13-20(15,16)8-10-3-5-11(6-4-10)14-21(17,18)9-12-2-1-7-19-12/h3-6,12,14H,1-2,7-9H2,(H2,13,15,16). The van der Waals surface area contributed by atoms with Gasteiger partial charge in [-0.15, -0.1) is 0 Å². The lowest BCUT2D eigenvalue weighted by Crippen LogP contribution is -2.25. The Hall–Kier alpha value is -1.16. The zero-order valence-corrected chi connectivity index (χ0v) is 13.0. The van der Waals surface area contributed by atoms with E-state index in [1.165, 1.54) is 24.3 Å². The zero-order valence-electron chi connectivity index (χ0n) is 11.4. The average Bonchev–Trinajstić information content (AvgIpc) is 2.81. The fourth-order valence-corrected chi connectivity index (χ4v) is 4.13. The normalized spacial score (nSPS) is 19.6. The molecule has 1 aromatic carbocycles. The number of primary sulfonamides is 1. The lowest BCUT2D eigenvalue weighted by Gasteiger charge is -2.12. The van der Waals surface area contributed by atoms with Gasteiger partial charge in [-0.3, -0.25) is 4.72 Å². The van der Waals surface area contributed by atoms with Crippen LogP contribution in [0.5, 0.6) is 0 Å².